The van der Waals surface area contributed by atoms with Crippen LogP contribution in [0.15, 0.2) is 48.5 Å². The number of amides is 2. The van der Waals surface area contributed by atoms with E-state index < -0.39 is 6.04 Å². The van der Waals surface area contributed by atoms with E-state index in [-0.39, 0.29) is 23.8 Å². The molecule has 0 unspecified atom stereocenters. The molecular formula is C23H28N2O3. The van der Waals surface area contributed by atoms with Crippen molar-refractivity contribution in [1.82, 2.24) is 10.6 Å². The maximum Gasteiger partial charge on any atom is 0.252 e. The van der Waals surface area contributed by atoms with E-state index >= 15 is 0 Å². The Balaban J connectivity index is 1.74. The van der Waals surface area contributed by atoms with Gasteiger partial charge in [-0.3, -0.25) is 9.59 Å². The first-order chi connectivity index (χ1) is 13.5. The Hall–Kier alpha value is -2.82. The maximum atomic E-state index is 13.0. The van der Waals surface area contributed by atoms with Gasteiger partial charge in [0.05, 0.1) is 12.6 Å². The predicted octanol–water partition coefficient (Wildman–Crippen LogP) is 3.78. The quantitative estimate of drug-likeness (QED) is 0.801. The minimum absolute atomic E-state index is 0.109. The Labute approximate surface area is 166 Å². The van der Waals surface area contributed by atoms with E-state index in [1.54, 1.807) is 6.07 Å². The molecule has 5 nitrogen and oxygen atoms in total. The molecule has 1 aliphatic heterocycles. The molecule has 0 fully saturated rings. The van der Waals surface area contributed by atoms with E-state index in [2.05, 4.69) is 10.6 Å². The standard InChI is InChI=1S/C23H28N2O3/c1-15(2)14-20(25-22(26)17-9-5-4-8-16(17)3)23(27)24-19-12-13-28-21-11-7-6-10-18(19)21/h4-11,15,19-20H,12-14H2,1-3H3,(H,24,27)(H,25,26)/t19-,20+/m1/s1. The largest absolute Gasteiger partial charge is 0.493 e. The Bertz CT molecular complexity index is 847. The molecule has 2 N–H and O–H groups in total. The lowest BCUT2D eigenvalue weighted by atomic mass is 9.98. The second-order valence-electron chi connectivity index (χ2n) is 7.71. The number of aryl methyl sites for hydroxylation is 1. The van der Waals surface area contributed by atoms with E-state index in [0.29, 0.717) is 25.0 Å². The van der Waals surface area contributed by atoms with E-state index in [1.165, 1.54) is 0 Å². The molecule has 2 aromatic carbocycles. The van der Waals surface area contributed by atoms with Crippen LogP contribution in [0.2, 0.25) is 0 Å². The smallest absolute Gasteiger partial charge is 0.252 e. The molecule has 2 amide bonds. The van der Waals surface area contributed by atoms with E-state index in [1.807, 2.05) is 63.2 Å². The van der Waals surface area contributed by atoms with Crippen LogP contribution in [0.5, 0.6) is 5.75 Å². The zero-order valence-corrected chi connectivity index (χ0v) is 16.7. The zero-order valence-electron chi connectivity index (χ0n) is 16.7. The summed E-state index contributed by atoms with van der Waals surface area (Å²) in [4.78, 5) is 25.8. The molecule has 1 aliphatic rings. The van der Waals surface area contributed by atoms with E-state index in [0.717, 1.165) is 16.9 Å². The molecule has 0 aliphatic carbocycles. The summed E-state index contributed by atoms with van der Waals surface area (Å²) in [7, 11) is 0. The summed E-state index contributed by atoms with van der Waals surface area (Å²) in [5, 5.41) is 6.05. The molecule has 0 saturated carbocycles. The molecular weight excluding hydrogens is 352 g/mol. The fourth-order valence-corrected chi connectivity index (χ4v) is 3.53. The van der Waals surface area contributed by atoms with Gasteiger partial charge in [0, 0.05) is 17.5 Å². The molecule has 0 radical (unpaired) electrons. The highest BCUT2D eigenvalue weighted by molar-refractivity contribution is 5.98. The molecule has 5 heteroatoms. The van der Waals surface area contributed by atoms with Crippen molar-refractivity contribution in [3.63, 3.8) is 0 Å². The number of benzene rings is 2. The molecule has 3 rings (SSSR count). The minimum atomic E-state index is -0.581. The van der Waals surface area contributed by atoms with Crippen LogP contribution < -0.4 is 15.4 Å². The Morgan fingerprint density at radius 3 is 2.57 bits per heavy atom. The predicted molar refractivity (Wildman–Crippen MR) is 109 cm³/mol. The first kappa shape index (κ1) is 19.9. The third-order valence-corrected chi connectivity index (χ3v) is 4.99. The lowest BCUT2D eigenvalue weighted by Gasteiger charge is -2.29. The van der Waals surface area contributed by atoms with Crippen LogP contribution in [-0.4, -0.2) is 24.5 Å². The summed E-state index contributed by atoms with van der Waals surface area (Å²) in [5.74, 6) is 0.710. The summed E-state index contributed by atoms with van der Waals surface area (Å²) in [6.45, 7) is 6.55. The van der Waals surface area contributed by atoms with Gasteiger partial charge in [0.2, 0.25) is 5.91 Å². The second-order valence-corrected chi connectivity index (χ2v) is 7.71. The summed E-state index contributed by atoms with van der Waals surface area (Å²) in [6.07, 6.45) is 1.29. The third kappa shape index (κ3) is 4.71. The van der Waals surface area contributed by atoms with Gasteiger partial charge in [0.15, 0.2) is 0 Å². The monoisotopic (exact) mass is 380 g/mol. The molecule has 1 heterocycles. The summed E-state index contributed by atoms with van der Waals surface area (Å²) < 4.78 is 5.67. The van der Waals surface area contributed by atoms with Crippen molar-refractivity contribution in [1.29, 1.82) is 0 Å². The average molecular weight is 380 g/mol. The van der Waals surface area contributed by atoms with Gasteiger partial charge in [-0.15, -0.1) is 0 Å². The number of carbonyl (C=O) groups is 2. The molecule has 0 bridgehead atoms. The van der Waals surface area contributed by atoms with Crippen molar-refractivity contribution in [3.8, 4) is 5.75 Å². The van der Waals surface area contributed by atoms with Gasteiger partial charge in [-0.25, -0.2) is 0 Å². The van der Waals surface area contributed by atoms with Crippen molar-refractivity contribution in [2.24, 2.45) is 5.92 Å². The third-order valence-electron chi connectivity index (χ3n) is 4.99. The average Bonchev–Trinajstić information content (AvgIpc) is 2.67. The van der Waals surface area contributed by atoms with Crippen LogP contribution in [0.25, 0.3) is 0 Å². The highest BCUT2D eigenvalue weighted by Gasteiger charge is 2.28. The highest BCUT2D eigenvalue weighted by Crippen LogP contribution is 2.31. The SMILES string of the molecule is Cc1ccccc1C(=O)N[C@@H](CC(C)C)C(=O)N[C@@H]1CCOc2ccccc21. The number of nitrogens with one attached hydrogen (secondary N) is 2. The minimum Gasteiger partial charge on any atom is -0.493 e. The Kier molecular flexibility index (Phi) is 6.34. The van der Waals surface area contributed by atoms with Crippen LogP contribution >= 0.6 is 0 Å². The topological polar surface area (TPSA) is 67.4 Å². The van der Waals surface area contributed by atoms with Crippen molar-refractivity contribution < 1.29 is 14.3 Å². The normalized spacial score (nSPS) is 16.6. The highest BCUT2D eigenvalue weighted by atomic mass is 16.5. The van der Waals surface area contributed by atoms with Crippen molar-refractivity contribution in [2.75, 3.05) is 6.61 Å². The van der Waals surface area contributed by atoms with Crippen LogP contribution in [0, 0.1) is 12.8 Å². The number of fused-ring (bicyclic) bond motifs is 1. The van der Waals surface area contributed by atoms with Crippen LogP contribution in [0.1, 0.15) is 54.2 Å². The number of hydrogen-bond acceptors (Lipinski definition) is 3. The summed E-state index contributed by atoms with van der Waals surface area (Å²) in [5.41, 5.74) is 2.47. The molecule has 0 spiro atoms. The molecule has 0 aromatic heterocycles. The number of para-hydroxylation sites is 1. The summed E-state index contributed by atoms with van der Waals surface area (Å²) >= 11 is 0. The fraction of sp³-hybridized carbons (Fsp3) is 0.391. The molecule has 2 atom stereocenters. The van der Waals surface area contributed by atoms with Gasteiger partial charge in [0.25, 0.3) is 5.91 Å². The molecule has 0 saturated heterocycles. The first-order valence-electron chi connectivity index (χ1n) is 9.84. The van der Waals surface area contributed by atoms with Crippen LogP contribution in [0.3, 0.4) is 0 Å². The first-order valence-corrected chi connectivity index (χ1v) is 9.84. The number of carbonyl (C=O) groups excluding carboxylic acids is 2. The zero-order chi connectivity index (χ0) is 20.1. The fourth-order valence-electron chi connectivity index (χ4n) is 3.53. The molecule has 2 aromatic rings. The Morgan fingerprint density at radius 1 is 1.11 bits per heavy atom. The van der Waals surface area contributed by atoms with Crippen LogP contribution in [0.4, 0.5) is 0 Å². The van der Waals surface area contributed by atoms with Gasteiger partial charge in [-0.05, 0) is 37.0 Å². The summed E-state index contributed by atoms with van der Waals surface area (Å²) in [6, 6.07) is 14.5. The lowest BCUT2D eigenvalue weighted by molar-refractivity contribution is -0.124. The van der Waals surface area contributed by atoms with Crippen molar-refractivity contribution >= 4 is 11.8 Å². The lowest BCUT2D eigenvalue weighted by Crippen LogP contribution is -2.48. The van der Waals surface area contributed by atoms with Gasteiger partial charge < -0.3 is 15.4 Å². The van der Waals surface area contributed by atoms with Gasteiger partial charge >= 0.3 is 0 Å². The number of hydrogen-bond donors (Lipinski definition) is 2. The van der Waals surface area contributed by atoms with Crippen molar-refractivity contribution in [2.45, 2.75) is 45.7 Å². The van der Waals surface area contributed by atoms with E-state index in [9.17, 15) is 9.59 Å². The second kappa shape index (κ2) is 8.91. The van der Waals surface area contributed by atoms with Gasteiger partial charge in [0.1, 0.15) is 11.8 Å². The van der Waals surface area contributed by atoms with Gasteiger partial charge in [-0.2, -0.15) is 0 Å². The van der Waals surface area contributed by atoms with Gasteiger partial charge in [-0.1, -0.05) is 50.2 Å². The Morgan fingerprint density at radius 2 is 1.82 bits per heavy atom. The van der Waals surface area contributed by atoms with Crippen LogP contribution in [-0.2, 0) is 4.79 Å². The van der Waals surface area contributed by atoms with Crippen molar-refractivity contribution in [3.05, 3.63) is 65.2 Å². The van der Waals surface area contributed by atoms with E-state index in [4.69, 9.17) is 4.74 Å². The number of rotatable bonds is 6. The molecule has 148 valence electrons. The molecule has 28 heavy (non-hydrogen) atoms. The number of ether oxygens (including phenoxy) is 1. The maximum absolute atomic E-state index is 13.0.